The van der Waals surface area contributed by atoms with E-state index in [1.54, 1.807) is 0 Å². The number of rotatable bonds is 3. The fourth-order valence-electron chi connectivity index (χ4n) is 3.94. The van der Waals surface area contributed by atoms with Crippen LogP contribution in [0.2, 0.25) is 0 Å². The highest BCUT2D eigenvalue weighted by Crippen LogP contribution is 2.30. The van der Waals surface area contributed by atoms with E-state index in [1.807, 2.05) is 28.8 Å². The van der Waals surface area contributed by atoms with E-state index in [1.165, 1.54) is 11.3 Å². The molecule has 1 saturated heterocycles. The topological polar surface area (TPSA) is 50.2 Å². The van der Waals surface area contributed by atoms with Gasteiger partial charge in [-0.2, -0.15) is 5.10 Å². The first-order chi connectivity index (χ1) is 11.7. The van der Waals surface area contributed by atoms with Crippen molar-refractivity contribution in [2.24, 2.45) is 0 Å². The zero-order valence-corrected chi connectivity index (χ0v) is 15.6. The second-order valence-electron chi connectivity index (χ2n) is 6.85. The molecule has 2 aliphatic rings. The third kappa shape index (κ3) is 3.07. The Morgan fingerprint density at radius 3 is 2.80 bits per heavy atom. The molecule has 1 N–H and O–H groups in total. The number of nitrogens with zero attached hydrogens (tertiary/aromatic N) is 3. The summed E-state index contributed by atoms with van der Waals surface area (Å²) in [5.41, 5.74) is 5.32. The summed E-state index contributed by atoms with van der Waals surface area (Å²) in [5.74, 6) is 0.0956. The molecule has 6 heteroatoms. The van der Waals surface area contributed by atoms with Crippen molar-refractivity contribution >= 4 is 18.3 Å². The second-order valence-corrected chi connectivity index (χ2v) is 6.85. The highest BCUT2D eigenvalue weighted by Gasteiger charge is 2.32. The Morgan fingerprint density at radius 1 is 1.28 bits per heavy atom. The number of likely N-dealkylation sites (tertiary alicyclic amines) is 1. The number of fused-ring (bicyclic) bond motifs is 1. The van der Waals surface area contributed by atoms with Crippen molar-refractivity contribution in [3.63, 3.8) is 0 Å². The molecule has 134 valence electrons. The summed E-state index contributed by atoms with van der Waals surface area (Å²) in [6, 6.07) is 8.65. The normalized spacial score (nSPS) is 19.0. The van der Waals surface area contributed by atoms with Gasteiger partial charge in [-0.25, -0.2) is 4.68 Å². The molecule has 1 atom stereocenters. The van der Waals surface area contributed by atoms with Gasteiger partial charge in [0.05, 0.1) is 5.69 Å². The van der Waals surface area contributed by atoms with E-state index < -0.39 is 0 Å². The van der Waals surface area contributed by atoms with E-state index >= 15 is 0 Å². The number of halogens is 1. The fraction of sp³-hybridized carbons (Fsp3) is 0.474. The largest absolute Gasteiger partial charge is 0.336 e. The summed E-state index contributed by atoms with van der Waals surface area (Å²) in [5, 5.41) is 8.03. The number of hydrogen-bond acceptors (Lipinski definition) is 3. The number of aryl methyl sites for hydroxylation is 1. The van der Waals surface area contributed by atoms with Crippen molar-refractivity contribution in [2.45, 2.75) is 38.6 Å². The molecule has 0 bridgehead atoms. The number of carbonyl (C=O) groups is 1. The van der Waals surface area contributed by atoms with Crippen LogP contribution < -0.4 is 5.32 Å². The van der Waals surface area contributed by atoms with Gasteiger partial charge in [-0.3, -0.25) is 4.79 Å². The van der Waals surface area contributed by atoms with Crippen molar-refractivity contribution < 1.29 is 4.79 Å². The van der Waals surface area contributed by atoms with Gasteiger partial charge in [0.25, 0.3) is 5.91 Å². The molecule has 0 spiro atoms. The average molecular weight is 361 g/mol. The van der Waals surface area contributed by atoms with Crippen LogP contribution in [0.5, 0.6) is 0 Å². The highest BCUT2D eigenvalue weighted by molar-refractivity contribution is 5.94. The quantitative estimate of drug-likeness (QED) is 0.915. The maximum Gasteiger partial charge on any atom is 0.274 e. The fourth-order valence-corrected chi connectivity index (χ4v) is 3.94. The average Bonchev–Trinajstić information content (AvgIpc) is 3.31. The minimum Gasteiger partial charge on any atom is -0.336 e. The summed E-state index contributed by atoms with van der Waals surface area (Å²) < 4.78 is 2.01. The van der Waals surface area contributed by atoms with Crippen molar-refractivity contribution in [1.29, 1.82) is 0 Å². The lowest BCUT2D eigenvalue weighted by atomic mass is 10.1. The van der Waals surface area contributed by atoms with E-state index in [0.29, 0.717) is 11.7 Å². The van der Waals surface area contributed by atoms with Crippen LogP contribution in [0.4, 0.5) is 0 Å². The van der Waals surface area contributed by atoms with Gasteiger partial charge in [0.15, 0.2) is 5.69 Å². The van der Waals surface area contributed by atoms with Gasteiger partial charge in [0.1, 0.15) is 0 Å². The minimum absolute atomic E-state index is 0. The summed E-state index contributed by atoms with van der Waals surface area (Å²) in [7, 11) is 1.96. The van der Waals surface area contributed by atoms with Gasteiger partial charge < -0.3 is 10.2 Å². The van der Waals surface area contributed by atoms with Crippen molar-refractivity contribution in [1.82, 2.24) is 20.0 Å². The number of hydrogen-bond donors (Lipinski definition) is 1. The van der Waals surface area contributed by atoms with Gasteiger partial charge >= 0.3 is 0 Å². The SMILES string of the molecule is CNC1CCN(C(=O)c2nn(-c3ccccc3C)c3c2CCC3)C1.Cl. The first-order valence-corrected chi connectivity index (χ1v) is 8.82. The molecule has 1 unspecified atom stereocenters. The second kappa shape index (κ2) is 7.18. The molecule has 1 aromatic heterocycles. The molecule has 1 amide bonds. The summed E-state index contributed by atoms with van der Waals surface area (Å²) in [4.78, 5) is 15.0. The molecule has 0 radical (unpaired) electrons. The number of likely N-dealkylation sites (N-methyl/N-ethyl adjacent to an activating group) is 1. The van der Waals surface area contributed by atoms with Crippen LogP contribution >= 0.6 is 12.4 Å². The van der Waals surface area contributed by atoms with E-state index in [2.05, 4.69) is 24.4 Å². The van der Waals surface area contributed by atoms with Crippen LogP contribution in [-0.4, -0.2) is 46.8 Å². The molecule has 5 nitrogen and oxygen atoms in total. The smallest absolute Gasteiger partial charge is 0.274 e. The maximum absolute atomic E-state index is 13.0. The van der Waals surface area contributed by atoms with Gasteiger partial charge in [-0.05, 0) is 51.3 Å². The standard InChI is InChI=1S/C19H24N4O.ClH/c1-13-6-3-4-8-16(13)23-17-9-5-7-15(17)18(21-23)19(24)22-11-10-14(12-22)20-2;/h3-4,6,8,14,20H,5,7,9-12H2,1-2H3;1H. The predicted molar refractivity (Wildman–Crippen MR) is 101 cm³/mol. The van der Waals surface area contributed by atoms with E-state index in [0.717, 1.165) is 50.0 Å². The third-order valence-electron chi connectivity index (χ3n) is 5.36. The van der Waals surface area contributed by atoms with E-state index in [9.17, 15) is 4.79 Å². The number of nitrogens with one attached hydrogen (secondary N) is 1. The molecule has 0 saturated carbocycles. The molecule has 2 heterocycles. The summed E-state index contributed by atoms with van der Waals surface area (Å²) in [6.45, 7) is 3.69. The Hall–Kier alpha value is -1.85. The number of para-hydroxylation sites is 1. The van der Waals surface area contributed by atoms with E-state index in [4.69, 9.17) is 5.10 Å². The molecular formula is C19H25ClN4O. The van der Waals surface area contributed by atoms with Gasteiger partial charge in [-0.1, -0.05) is 18.2 Å². The first kappa shape index (κ1) is 18.0. The Kier molecular flexibility index (Phi) is 5.16. The monoisotopic (exact) mass is 360 g/mol. The Bertz CT molecular complexity index is 786. The van der Waals surface area contributed by atoms with Crippen molar-refractivity contribution in [2.75, 3.05) is 20.1 Å². The number of benzene rings is 1. The molecule has 1 fully saturated rings. The van der Waals surface area contributed by atoms with Crippen molar-refractivity contribution in [3.05, 3.63) is 46.8 Å². The third-order valence-corrected chi connectivity index (χ3v) is 5.36. The van der Waals surface area contributed by atoms with Crippen LogP contribution in [0.1, 0.15) is 40.2 Å². The summed E-state index contributed by atoms with van der Waals surface area (Å²) in [6.07, 6.45) is 4.09. The van der Waals surface area contributed by atoms with E-state index in [-0.39, 0.29) is 18.3 Å². The molecule has 25 heavy (non-hydrogen) atoms. The number of amides is 1. The zero-order valence-electron chi connectivity index (χ0n) is 14.8. The molecule has 1 aliphatic heterocycles. The van der Waals surface area contributed by atoms with Gasteiger partial charge in [0, 0.05) is 30.4 Å². The molecule has 1 aromatic carbocycles. The van der Waals surface area contributed by atoms with Crippen LogP contribution in [0.15, 0.2) is 24.3 Å². The lowest BCUT2D eigenvalue weighted by Gasteiger charge is -2.15. The Balaban J connectivity index is 0.00000182. The molecule has 1 aliphatic carbocycles. The van der Waals surface area contributed by atoms with Gasteiger partial charge in [-0.15, -0.1) is 12.4 Å². The lowest BCUT2D eigenvalue weighted by molar-refractivity contribution is 0.0782. The minimum atomic E-state index is 0. The molecule has 2 aromatic rings. The first-order valence-electron chi connectivity index (χ1n) is 8.82. The Morgan fingerprint density at radius 2 is 2.08 bits per heavy atom. The van der Waals surface area contributed by atoms with Gasteiger partial charge in [0.2, 0.25) is 0 Å². The Labute approximate surface area is 154 Å². The van der Waals surface area contributed by atoms with Crippen LogP contribution in [0, 0.1) is 6.92 Å². The number of carbonyl (C=O) groups excluding carboxylic acids is 1. The van der Waals surface area contributed by atoms with Crippen molar-refractivity contribution in [3.8, 4) is 5.69 Å². The lowest BCUT2D eigenvalue weighted by Crippen LogP contribution is -2.34. The molecule has 4 rings (SSSR count). The maximum atomic E-state index is 13.0. The zero-order chi connectivity index (χ0) is 16.7. The summed E-state index contributed by atoms with van der Waals surface area (Å²) >= 11 is 0. The number of aromatic nitrogens is 2. The highest BCUT2D eigenvalue weighted by atomic mass is 35.5. The predicted octanol–water partition coefficient (Wildman–Crippen LogP) is 2.53. The molecular weight excluding hydrogens is 336 g/mol. The van der Waals surface area contributed by atoms with Crippen LogP contribution in [0.25, 0.3) is 5.69 Å². The van der Waals surface area contributed by atoms with Crippen LogP contribution in [-0.2, 0) is 12.8 Å². The van der Waals surface area contributed by atoms with Crippen LogP contribution in [0.3, 0.4) is 0 Å².